The summed E-state index contributed by atoms with van der Waals surface area (Å²) in [4.78, 5) is 23.7. The molecule has 5 heteroatoms. The molecule has 52 valence electrons. The van der Waals surface area contributed by atoms with Gasteiger partial charge in [-0.05, 0) is 0 Å². The van der Waals surface area contributed by atoms with Gasteiger partial charge in [-0.1, -0.05) is 0 Å². The molecule has 1 heterocycles. The minimum absolute atomic E-state index is 0.0397. The van der Waals surface area contributed by atoms with Crippen LogP contribution in [0.25, 0.3) is 0 Å². The molecule has 1 rings (SSSR count). The van der Waals surface area contributed by atoms with Gasteiger partial charge < -0.3 is 10.2 Å². The molecular formula is C5H4N2O3. The fraction of sp³-hybridized carbons (Fsp3) is 0. The molecule has 2 N–H and O–H groups in total. The number of primary amides is 1. The first kappa shape index (κ1) is 6.47. The second-order valence-electron chi connectivity index (χ2n) is 1.55. The van der Waals surface area contributed by atoms with Crippen LogP contribution in [0.1, 0.15) is 21.2 Å². The zero-order valence-electron chi connectivity index (χ0n) is 4.90. The van der Waals surface area contributed by atoms with E-state index in [0.717, 1.165) is 6.26 Å². The van der Waals surface area contributed by atoms with Gasteiger partial charge >= 0.3 is 0 Å². The number of hydrogen-bond donors (Lipinski definition) is 1. The highest BCUT2D eigenvalue weighted by Gasteiger charge is 2.06. The Kier molecular flexibility index (Phi) is 1.49. The summed E-state index contributed by atoms with van der Waals surface area (Å²) in [5.41, 5.74) is 4.76. The molecule has 0 radical (unpaired) electrons. The number of nitrogens with zero attached hydrogens (tertiary/aromatic N) is 1. The van der Waals surface area contributed by atoms with Crippen LogP contribution in [0, 0.1) is 0 Å². The number of carbonyl (C=O) groups excluding carboxylic acids is 2. The number of aldehydes is 1. The van der Waals surface area contributed by atoms with Crippen molar-refractivity contribution in [3.63, 3.8) is 0 Å². The second-order valence-corrected chi connectivity index (χ2v) is 1.55. The van der Waals surface area contributed by atoms with Crippen LogP contribution in [0.4, 0.5) is 0 Å². The van der Waals surface area contributed by atoms with Gasteiger partial charge in [0.05, 0.1) is 0 Å². The minimum Gasteiger partial charge on any atom is -0.442 e. The van der Waals surface area contributed by atoms with Crippen molar-refractivity contribution < 1.29 is 14.0 Å². The molecule has 1 aromatic rings. The molecule has 0 bridgehead atoms. The van der Waals surface area contributed by atoms with E-state index >= 15 is 0 Å². The maximum absolute atomic E-state index is 10.3. The molecule has 0 spiro atoms. The van der Waals surface area contributed by atoms with Crippen molar-refractivity contribution in [2.75, 3.05) is 0 Å². The van der Waals surface area contributed by atoms with E-state index in [4.69, 9.17) is 5.73 Å². The third-order valence-corrected chi connectivity index (χ3v) is 0.875. The molecule has 1 aromatic heterocycles. The van der Waals surface area contributed by atoms with Crippen molar-refractivity contribution in [1.29, 1.82) is 0 Å². The molecule has 0 aliphatic carbocycles. The predicted octanol–water partition coefficient (Wildman–Crippen LogP) is -0.414. The van der Waals surface area contributed by atoms with Gasteiger partial charge in [-0.25, -0.2) is 4.98 Å². The van der Waals surface area contributed by atoms with E-state index in [1.807, 2.05) is 0 Å². The lowest BCUT2D eigenvalue weighted by Crippen LogP contribution is -2.11. The topological polar surface area (TPSA) is 86.2 Å². The summed E-state index contributed by atoms with van der Waals surface area (Å²) in [5, 5.41) is 0. The van der Waals surface area contributed by atoms with Crippen molar-refractivity contribution in [2.24, 2.45) is 5.73 Å². The fourth-order valence-electron chi connectivity index (χ4n) is 0.455. The number of nitrogens with two attached hydrogens (primary N) is 1. The number of carbonyl (C=O) groups is 2. The Bertz CT molecular complexity index is 266. The van der Waals surface area contributed by atoms with Crippen LogP contribution in [0.2, 0.25) is 0 Å². The van der Waals surface area contributed by atoms with Crippen LogP contribution < -0.4 is 5.73 Å². The van der Waals surface area contributed by atoms with Gasteiger partial charge in [-0.15, -0.1) is 0 Å². The van der Waals surface area contributed by atoms with Crippen molar-refractivity contribution >= 4 is 12.2 Å². The molecule has 0 aliphatic heterocycles. The van der Waals surface area contributed by atoms with Crippen molar-refractivity contribution in [3.8, 4) is 0 Å². The molecule has 5 nitrogen and oxygen atoms in total. The lowest BCUT2D eigenvalue weighted by molar-refractivity contribution is 0.0995. The summed E-state index contributed by atoms with van der Waals surface area (Å²) in [6, 6.07) is 0. The molecule has 0 unspecified atom stereocenters. The number of amides is 1. The summed E-state index contributed by atoms with van der Waals surface area (Å²) in [7, 11) is 0. The smallest absolute Gasteiger partial charge is 0.270 e. The molecule has 0 saturated carbocycles. The summed E-state index contributed by atoms with van der Waals surface area (Å²) >= 11 is 0. The highest BCUT2D eigenvalue weighted by Crippen LogP contribution is 1.96. The zero-order valence-corrected chi connectivity index (χ0v) is 4.90. The summed E-state index contributed by atoms with van der Waals surface area (Å²) < 4.78 is 4.50. The van der Waals surface area contributed by atoms with E-state index in [1.54, 1.807) is 0 Å². The standard InChI is InChI=1S/C5H4N2O3/c6-5(9)3-2-10-4(1-8)7-3/h1-2H,(H2,6,9). The Morgan fingerprint density at radius 1 is 1.80 bits per heavy atom. The average Bonchev–Trinajstić information content (AvgIpc) is 2.34. The number of rotatable bonds is 2. The van der Waals surface area contributed by atoms with E-state index in [0.29, 0.717) is 6.29 Å². The number of aromatic nitrogens is 1. The first-order valence-corrected chi connectivity index (χ1v) is 2.44. The first-order valence-electron chi connectivity index (χ1n) is 2.44. The van der Waals surface area contributed by atoms with Crippen LogP contribution in [-0.4, -0.2) is 17.2 Å². The molecule has 0 atom stereocenters. The third-order valence-electron chi connectivity index (χ3n) is 0.875. The van der Waals surface area contributed by atoms with Gasteiger partial charge in [0.15, 0.2) is 5.69 Å². The predicted molar refractivity (Wildman–Crippen MR) is 30.4 cm³/mol. The van der Waals surface area contributed by atoms with Crippen LogP contribution in [-0.2, 0) is 0 Å². The highest BCUT2D eigenvalue weighted by atomic mass is 16.3. The van der Waals surface area contributed by atoms with Crippen LogP contribution in [0.3, 0.4) is 0 Å². The van der Waals surface area contributed by atoms with E-state index < -0.39 is 5.91 Å². The van der Waals surface area contributed by atoms with E-state index in [-0.39, 0.29) is 11.6 Å². The van der Waals surface area contributed by atoms with Crippen molar-refractivity contribution in [3.05, 3.63) is 17.8 Å². The van der Waals surface area contributed by atoms with Crippen LogP contribution >= 0.6 is 0 Å². The van der Waals surface area contributed by atoms with E-state index in [2.05, 4.69) is 9.40 Å². The highest BCUT2D eigenvalue weighted by molar-refractivity contribution is 5.91. The van der Waals surface area contributed by atoms with Crippen LogP contribution in [0.15, 0.2) is 10.7 Å². The minimum atomic E-state index is -0.711. The Morgan fingerprint density at radius 2 is 2.50 bits per heavy atom. The fourth-order valence-corrected chi connectivity index (χ4v) is 0.455. The Balaban J connectivity index is 2.98. The molecule has 0 saturated heterocycles. The monoisotopic (exact) mass is 140 g/mol. The number of oxazole rings is 1. The van der Waals surface area contributed by atoms with Gasteiger partial charge in [-0.2, -0.15) is 0 Å². The Labute approximate surface area is 55.8 Å². The van der Waals surface area contributed by atoms with E-state index in [1.165, 1.54) is 0 Å². The number of hydrogen-bond acceptors (Lipinski definition) is 4. The molecule has 0 aromatic carbocycles. The molecular weight excluding hydrogens is 136 g/mol. The SMILES string of the molecule is NC(=O)c1coc(C=O)n1. The largest absolute Gasteiger partial charge is 0.442 e. The Morgan fingerprint density at radius 3 is 2.80 bits per heavy atom. The first-order chi connectivity index (χ1) is 4.74. The van der Waals surface area contributed by atoms with Gasteiger partial charge in [0.1, 0.15) is 6.26 Å². The zero-order chi connectivity index (χ0) is 7.56. The molecule has 0 aliphatic rings. The summed E-state index contributed by atoms with van der Waals surface area (Å²) in [6.07, 6.45) is 1.43. The van der Waals surface area contributed by atoms with Gasteiger partial charge in [0.2, 0.25) is 6.29 Å². The van der Waals surface area contributed by atoms with Crippen molar-refractivity contribution in [1.82, 2.24) is 4.98 Å². The molecule has 0 fully saturated rings. The average molecular weight is 140 g/mol. The Hall–Kier alpha value is -1.65. The second kappa shape index (κ2) is 2.30. The summed E-state index contributed by atoms with van der Waals surface area (Å²) in [6.45, 7) is 0. The lowest BCUT2D eigenvalue weighted by Gasteiger charge is -1.78. The lowest BCUT2D eigenvalue weighted by atomic mass is 10.5. The normalized spacial score (nSPS) is 9.20. The van der Waals surface area contributed by atoms with E-state index in [9.17, 15) is 9.59 Å². The third kappa shape index (κ3) is 1.02. The van der Waals surface area contributed by atoms with Crippen molar-refractivity contribution in [2.45, 2.75) is 0 Å². The van der Waals surface area contributed by atoms with Gasteiger partial charge in [0.25, 0.3) is 11.8 Å². The summed E-state index contributed by atoms with van der Waals surface area (Å²) in [5.74, 6) is -0.856. The molecule has 1 amide bonds. The van der Waals surface area contributed by atoms with Crippen LogP contribution in [0.5, 0.6) is 0 Å². The molecule has 10 heavy (non-hydrogen) atoms. The maximum Gasteiger partial charge on any atom is 0.270 e. The quantitative estimate of drug-likeness (QED) is 0.565. The van der Waals surface area contributed by atoms with Gasteiger partial charge in [-0.3, -0.25) is 9.59 Å². The maximum atomic E-state index is 10.3. The van der Waals surface area contributed by atoms with Gasteiger partial charge in [0, 0.05) is 0 Å².